The number of pyridine rings is 1. The normalized spacial score (nSPS) is 11.0. The maximum atomic E-state index is 11.1. The molecule has 1 rings (SSSR count). The van der Waals surface area contributed by atoms with Gasteiger partial charge in [0, 0.05) is 29.8 Å². The molecule has 1 aromatic heterocycles. The van der Waals surface area contributed by atoms with Gasteiger partial charge in [-0.1, -0.05) is 0 Å². The Morgan fingerprint density at radius 3 is 2.83 bits per heavy atom. The maximum Gasteiger partial charge on any atom is 0.339 e. The van der Waals surface area contributed by atoms with Crippen molar-refractivity contribution in [3.63, 3.8) is 0 Å². The summed E-state index contributed by atoms with van der Waals surface area (Å²) in [4.78, 5) is 17.3. The highest BCUT2D eigenvalue weighted by molar-refractivity contribution is 9.10. The summed E-state index contributed by atoms with van der Waals surface area (Å²) in [6.07, 6.45) is 1.58. The zero-order chi connectivity index (χ0) is 13.7. The lowest BCUT2D eigenvalue weighted by Gasteiger charge is -2.21. The summed E-state index contributed by atoms with van der Waals surface area (Å²) >= 11 is 3.21. The van der Waals surface area contributed by atoms with E-state index in [1.165, 1.54) is 0 Å². The molecule has 0 aromatic carbocycles. The molecular formula is C12H18BrN3O2. The number of aromatic carboxylic acids is 1. The van der Waals surface area contributed by atoms with Crippen molar-refractivity contribution in [2.75, 3.05) is 25.5 Å². The Kier molecular flexibility index (Phi) is 5.55. The van der Waals surface area contributed by atoms with Gasteiger partial charge in [0.05, 0.1) is 0 Å². The Balaban J connectivity index is 2.65. The first-order chi connectivity index (χ1) is 8.41. The first kappa shape index (κ1) is 14.9. The Bertz CT molecular complexity index is 424. The minimum atomic E-state index is -0.983. The lowest BCUT2D eigenvalue weighted by atomic mass is 10.2. The van der Waals surface area contributed by atoms with E-state index < -0.39 is 5.97 Å². The number of carboxylic acids is 1. The van der Waals surface area contributed by atoms with Crippen LogP contribution in [0.25, 0.3) is 0 Å². The number of anilines is 1. The van der Waals surface area contributed by atoms with E-state index in [1.54, 1.807) is 12.3 Å². The quantitative estimate of drug-likeness (QED) is 0.843. The van der Waals surface area contributed by atoms with Gasteiger partial charge in [0.2, 0.25) is 0 Å². The lowest BCUT2D eigenvalue weighted by Crippen LogP contribution is -2.31. The summed E-state index contributed by atoms with van der Waals surface area (Å²) in [5.74, 6) is -0.577. The Hall–Kier alpha value is -1.14. The van der Waals surface area contributed by atoms with E-state index in [2.05, 4.69) is 45.0 Å². The molecule has 0 amide bonds. The second-order valence-corrected chi connectivity index (χ2v) is 5.27. The van der Waals surface area contributed by atoms with Gasteiger partial charge in [0.25, 0.3) is 0 Å². The summed E-state index contributed by atoms with van der Waals surface area (Å²) < 4.78 is 0.657. The number of hydrogen-bond acceptors (Lipinski definition) is 4. The highest BCUT2D eigenvalue weighted by Crippen LogP contribution is 2.17. The predicted octanol–water partition coefficient (Wildman–Crippen LogP) is 2.29. The predicted molar refractivity (Wildman–Crippen MR) is 75.2 cm³/mol. The first-order valence-corrected chi connectivity index (χ1v) is 6.54. The number of carboxylic acid groups (broad SMARTS) is 1. The van der Waals surface area contributed by atoms with Gasteiger partial charge in [-0.15, -0.1) is 0 Å². The molecule has 0 spiro atoms. The van der Waals surface area contributed by atoms with E-state index in [4.69, 9.17) is 5.11 Å². The standard InChI is InChI=1S/C12H18BrN3O2/c1-8(2)16(3)5-4-14-11-10(12(17)18)6-9(13)7-15-11/h6-8H,4-5H2,1-3H3,(H,14,15)(H,17,18). The summed E-state index contributed by atoms with van der Waals surface area (Å²) in [6, 6.07) is 2.01. The number of nitrogens with one attached hydrogen (secondary N) is 1. The van der Waals surface area contributed by atoms with E-state index in [9.17, 15) is 4.79 Å². The average molecular weight is 316 g/mol. The highest BCUT2D eigenvalue weighted by atomic mass is 79.9. The summed E-state index contributed by atoms with van der Waals surface area (Å²) in [5.41, 5.74) is 0.177. The van der Waals surface area contributed by atoms with Crippen LogP contribution in [0.1, 0.15) is 24.2 Å². The molecular weight excluding hydrogens is 298 g/mol. The van der Waals surface area contributed by atoms with Crippen LogP contribution in [-0.4, -0.2) is 47.1 Å². The van der Waals surface area contributed by atoms with Crippen molar-refractivity contribution >= 4 is 27.7 Å². The van der Waals surface area contributed by atoms with Crippen LogP contribution >= 0.6 is 15.9 Å². The van der Waals surface area contributed by atoms with Crippen molar-refractivity contribution in [1.82, 2.24) is 9.88 Å². The van der Waals surface area contributed by atoms with Crippen LogP contribution in [0, 0.1) is 0 Å². The SMILES string of the molecule is CC(C)N(C)CCNc1ncc(Br)cc1C(=O)O. The fraction of sp³-hybridized carbons (Fsp3) is 0.500. The molecule has 18 heavy (non-hydrogen) atoms. The minimum Gasteiger partial charge on any atom is -0.478 e. The molecule has 0 fully saturated rings. The van der Waals surface area contributed by atoms with E-state index in [0.717, 1.165) is 6.54 Å². The zero-order valence-corrected chi connectivity index (χ0v) is 12.4. The fourth-order valence-electron chi connectivity index (χ4n) is 1.35. The van der Waals surface area contributed by atoms with Crippen LogP contribution in [-0.2, 0) is 0 Å². The van der Waals surface area contributed by atoms with Gasteiger partial charge < -0.3 is 15.3 Å². The molecule has 2 N–H and O–H groups in total. The number of hydrogen-bond donors (Lipinski definition) is 2. The third-order valence-electron chi connectivity index (χ3n) is 2.72. The third kappa shape index (κ3) is 4.27. The van der Waals surface area contributed by atoms with E-state index in [0.29, 0.717) is 22.9 Å². The lowest BCUT2D eigenvalue weighted by molar-refractivity contribution is 0.0697. The first-order valence-electron chi connectivity index (χ1n) is 5.74. The van der Waals surface area contributed by atoms with E-state index in [-0.39, 0.29) is 5.56 Å². The molecule has 0 aliphatic rings. The number of nitrogens with zero attached hydrogens (tertiary/aromatic N) is 2. The number of rotatable bonds is 6. The van der Waals surface area contributed by atoms with Crippen molar-refractivity contribution in [3.05, 3.63) is 22.3 Å². The molecule has 100 valence electrons. The Morgan fingerprint density at radius 2 is 2.28 bits per heavy atom. The third-order valence-corrected chi connectivity index (χ3v) is 3.16. The second-order valence-electron chi connectivity index (χ2n) is 4.36. The smallest absolute Gasteiger partial charge is 0.339 e. The summed E-state index contributed by atoms with van der Waals surface area (Å²) in [6.45, 7) is 5.71. The van der Waals surface area contributed by atoms with Crippen LogP contribution < -0.4 is 5.32 Å². The molecule has 1 heterocycles. The van der Waals surface area contributed by atoms with Gasteiger partial charge >= 0.3 is 5.97 Å². The van der Waals surface area contributed by atoms with Crippen molar-refractivity contribution < 1.29 is 9.90 Å². The number of halogens is 1. The largest absolute Gasteiger partial charge is 0.478 e. The molecule has 0 unspecified atom stereocenters. The number of carbonyl (C=O) groups is 1. The minimum absolute atomic E-state index is 0.177. The van der Waals surface area contributed by atoms with Crippen molar-refractivity contribution in [2.45, 2.75) is 19.9 Å². The molecule has 0 aliphatic heterocycles. The Labute approximate surface area is 115 Å². The van der Waals surface area contributed by atoms with Gasteiger partial charge in [0.15, 0.2) is 0 Å². The van der Waals surface area contributed by atoms with Gasteiger partial charge in [-0.2, -0.15) is 0 Å². The van der Waals surface area contributed by atoms with Crippen molar-refractivity contribution in [2.24, 2.45) is 0 Å². The van der Waals surface area contributed by atoms with Crippen molar-refractivity contribution in [3.8, 4) is 0 Å². The average Bonchev–Trinajstić information content (AvgIpc) is 2.30. The number of aromatic nitrogens is 1. The zero-order valence-electron chi connectivity index (χ0n) is 10.8. The highest BCUT2D eigenvalue weighted by Gasteiger charge is 2.12. The van der Waals surface area contributed by atoms with Crippen LogP contribution in [0.5, 0.6) is 0 Å². The molecule has 0 atom stereocenters. The summed E-state index contributed by atoms with van der Waals surface area (Å²) in [5, 5.41) is 12.1. The van der Waals surface area contributed by atoms with E-state index >= 15 is 0 Å². The molecule has 5 nitrogen and oxygen atoms in total. The van der Waals surface area contributed by atoms with Crippen LogP contribution in [0.4, 0.5) is 5.82 Å². The van der Waals surface area contributed by atoms with Crippen LogP contribution in [0.3, 0.4) is 0 Å². The molecule has 0 saturated heterocycles. The van der Waals surface area contributed by atoms with E-state index in [1.807, 2.05) is 7.05 Å². The fourth-order valence-corrected chi connectivity index (χ4v) is 1.68. The topological polar surface area (TPSA) is 65.5 Å². The number of likely N-dealkylation sites (N-methyl/N-ethyl adjacent to an activating group) is 1. The molecule has 0 aliphatic carbocycles. The second kappa shape index (κ2) is 6.70. The van der Waals surface area contributed by atoms with Crippen LogP contribution in [0.2, 0.25) is 0 Å². The molecule has 0 saturated carbocycles. The molecule has 1 aromatic rings. The Morgan fingerprint density at radius 1 is 1.61 bits per heavy atom. The van der Waals surface area contributed by atoms with Gasteiger partial charge in [0.1, 0.15) is 11.4 Å². The molecule has 0 radical (unpaired) electrons. The maximum absolute atomic E-state index is 11.1. The monoisotopic (exact) mass is 315 g/mol. The molecule has 6 heteroatoms. The van der Waals surface area contributed by atoms with Gasteiger partial charge in [-0.05, 0) is 42.9 Å². The molecule has 0 bridgehead atoms. The van der Waals surface area contributed by atoms with Crippen molar-refractivity contribution in [1.29, 1.82) is 0 Å². The van der Waals surface area contributed by atoms with Gasteiger partial charge in [-0.3, -0.25) is 0 Å². The van der Waals surface area contributed by atoms with Crippen LogP contribution in [0.15, 0.2) is 16.7 Å². The van der Waals surface area contributed by atoms with Gasteiger partial charge in [-0.25, -0.2) is 9.78 Å². The summed E-state index contributed by atoms with van der Waals surface area (Å²) in [7, 11) is 2.03.